The second-order valence-electron chi connectivity index (χ2n) is 11.6. The van der Waals surface area contributed by atoms with Crippen molar-refractivity contribution in [2.75, 3.05) is 27.3 Å². The highest BCUT2D eigenvalue weighted by atomic mass is 35.5. The van der Waals surface area contributed by atoms with E-state index in [9.17, 15) is 4.79 Å². The van der Waals surface area contributed by atoms with E-state index in [0.29, 0.717) is 11.4 Å². The van der Waals surface area contributed by atoms with Gasteiger partial charge in [0.1, 0.15) is 5.75 Å². The standard InChI is InChI=1S/C30H43ClN2O2.C5H10.C3H6O.2C2H6.C2H4.CH4N2O/c1-6-9-18-28(34)33-20-15-11-10-14-19-32-27(8-3)22(4)21-26-23(7-2)24-16-12-13-17-25(24)30(35-5)29(26)31;1-2-4-5-3-1;1-3-4-2;3*1-2;2-1(3)4/h7-8,12,16,21,32H,2,6,9-11,13-15,17-20H2,1,3-5H3,(H,33,34);1-5H2;3H,1H2,2H3;2*1-2H3;1-2H2;(H4,2,3,4)/b22-21+,27-8-;;;;;;. The lowest BCUT2D eigenvalue weighted by Crippen LogP contribution is -2.23. The highest BCUT2D eigenvalue weighted by Crippen LogP contribution is 2.42. The van der Waals surface area contributed by atoms with Crippen LogP contribution in [-0.2, 0) is 16.0 Å². The molecule has 1 fully saturated rings. The number of methoxy groups -OCH3 is 2. The first-order valence-electron chi connectivity index (χ1n) is 19.9. The quantitative estimate of drug-likeness (QED) is 0.0575. The van der Waals surface area contributed by atoms with E-state index < -0.39 is 6.03 Å². The molecule has 0 aromatic heterocycles. The van der Waals surface area contributed by atoms with E-state index in [-0.39, 0.29) is 5.91 Å². The van der Waals surface area contributed by atoms with Crippen LogP contribution in [0.15, 0.2) is 56.0 Å². The number of halogens is 1. The smallest absolute Gasteiger partial charge is 0.309 e. The van der Waals surface area contributed by atoms with Crippen molar-refractivity contribution in [1.29, 1.82) is 0 Å². The van der Waals surface area contributed by atoms with Crippen LogP contribution in [0.25, 0.3) is 18.2 Å². The largest absolute Gasteiger partial charge is 0.505 e. The van der Waals surface area contributed by atoms with Gasteiger partial charge in [-0.2, -0.15) is 0 Å². The number of benzene rings is 1. The third kappa shape index (κ3) is 27.7. The van der Waals surface area contributed by atoms with Gasteiger partial charge in [-0.25, -0.2) is 4.79 Å². The Hall–Kier alpha value is -3.91. The first-order chi connectivity index (χ1) is 26.1. The van der Waals surface area contributed by atoms with Crippen LogP contribution < -0.4 is 26.8 Å². The second-order valence-corrected chi connectivity index (χ2v) is 12.0. The van der Waals surface area contributed by atoms with Crippen LogP contribution in [0, 0.1) is 0 Å². The number of hydrogen-bond acceptors (Lipinski definition) is 5. The van der Waals surface area contributed by atoms with Crippen molar-refractivity contribution in [3.05, 3.63) is 83.3 Å². The third-order valence-electron chi connectivity index (χ3n) is 7.86. The van der Waals surface area contributed by atoms with Gasteiger partial charge in [-0.1, -0.05) is 135 Å². The third-order valence-corrected chi connectivity index (χ3v) is 8.23. The zero-order chi connectivity index (χ0) is 42.2. The van der Waals surface area contributed by atoms with E-state index >= 15 is 0 Å². The molecule has 0 spiro atoms. The molecule has 8 nitrogen and oxygen atoms in total. The molecule has 0 saturated heterocycles. The lowest BCUT2D eigenvalue weighted by atomic mass is 9.88. The van der Waals surface area contributed by atoms with Crippen molar-refractivity contribution < 1.29 is 19.1 Å². The molecule has 3 rings (SSSR count). The monoisotopic (exact) mass is 775 g/mol. The number of primary amides is 2. The minimum absolute atomic E-state index is 0.181. The predicted molar refractivity (Wildman–Crippen MR) is 240 cm³/mol. The summed E-state index contributed by atoms with van der Waals surface area (Å²) in [6, 6.07) is -0.833. The Morgan fingerprint density at radius 3 is 1.81 bits per heavy atom. The van der Waals surface area contributed by atoms with E-state index in [1.165, 1.54) is 38.4 Å². The highest BCUT2D eigenvalue weighted by Gasteiger charge is 2.21. The second kappa shape index (κ2) is 41.8. The molecule has 0 unspecified atom stereocenters. The van der Waals surface area contributed by atoms with Gasteiger partial charge in [0.2, 0.25) is 5.91 Å². The van der Waals surface area contributed by atoms with Crippen LogP contribution in [0.3, 0.4) is 0 Å². The molecule has 2 aliphatic carbocycles. The van der Waals surface area contributed by atoms with Crippen molar-refractivity contribution in [1.82, 2.24) is 10.6 Å². The molecule has 2 aliphatic rings. The molecule has 6 N–H and O–H groups in total. The number of ether oxygens (including phenoxy) is 2. The summed E-state index contributed by atoms with van der Waals surface area (Å²) in [7, 11) is 3.25. The van der Waals surface area contributed by atoms with E-state index in [4.69, 9.17) is 21.1 Å². The van der Waals surface area contributed by atoms with E-state index in [0.717, 1.165) is 104 Å². The van der Waals surface area contributed by atoms with Gasteiger partial charge in [-0.15, -0.1) is 13.2 Å². The van der Waals surface area contributed by atoms with E-state index in [1.54, 1.807) is 14.2 Å². The molecule has 1 aromatic rings. The number of carbonyl (C=O) groups is 2. The fourth-order valence-corrected chi connectivity index (χ4v) is 5.72. The van der Waals surface area contributed by atoms with Gasteiger partial charge in [-0.3, -0.25) is 4.79 Å². The molecule has 310 valence electrons. The predicted octanol–water partition coefficient (Wildman–Crippen LogP) is 12.3. The Balaban J connectivity index is -0.000000544. The number of unbranched alkanes of at least 4 members (excludes halogenated alkanes) is 4. The number of nitrogens with one attached hydrogen (secondary N) is 2. The van der Waals surface area contributed by atoms with Crippen LogP contribution in [0.4, 0.5) is 4.79 Å². The Morgan fingerprint density at radius 1 is 0.889 bits per heavy atom. The number of urea groups is 1. The molecule has 54 heavy (non-hydrogen) atoms. The summed E-state index contributed by atoms with van der Waals surface area (Å²) in [6.45, 7) is 29.3. The summed E-state index contributed by atoms with van der Waals surface area (Å²) in [6.07, 6.45) is 28.3. The van der Waals surface area contributed by atoms with Gasteiger partial charge < -0.3 is 31.6 Å². The van der Waals surface area contributed by atoms with Gasteiger partial charge in [-0.05, 0) is 68.7 Å². The number of rotatable bonds is 16. The first kappa shape index (κ1) is 56.8. The normalized spacial score (nSPS) is 12.0. The van der Waals surface area contributed by atoms with Crippen LogP contribution in [0.5, 0.6) is 5.75 Å². The number of hydrogen-bond donors (Lipinski definition) is 4. The summed E-state index contributed by atoms with van der Waals surface area (Å²) in [5, 5.41) is 7.24. The molecular formula is C45H79ClN4O4. The number of fused-ring (bicyclic) bond motifs is 1. The Morgan fingerprint density at radius 2 is 1.39 bits per heavy atom. The minimum Gasteiger partial charge on any atom is -0.505 e. The molecule has 3 amide bonds. The van der Waals surface area contributed by atoms with Crippen molar-refractivity contribution in [2.45, 2.75) is 138 Å². The van der Waals surface area contributed by atoms with Crippen molar-refractivity contribution in [3.8, 4) is 5.75 Å². The van der Waals surface area contributed by atoms with Crippen LogP contribution in [-0.4, -0.2) is 39.2 Å². The van der Waals surface area contributed by atoms with Gasteiger partial charge in [0.15, 0.2) is 0 Å². The maximum absolute atomic E-state index is 11.7. The van der Waals surface area contributed by atoms with Gasteiger partial charge in [0, 0.05) is 36.3 Å². The average Bonchev–Trinajstić information content (AvgIpc) is 3.80. The molecule has 1 saturated carbocycles. The van der Waals surface area contributed by atoms with Crippen LogP contribution in [0.1, 0.15) is 154 Å². The summed E-state index contributed by atoms with van der Waals surface area (Å²) in [5.41, 5.74) is 15.0. The fourth-order valence-electron chi connectivity index (χ4n) is 5.37. The van der Waals surface area contributed by atoms with E-state index in [2.05, 4.69) is 91.3 Å². The lowest BCUT2D eigenvalue weighted by Gasteiger charge is -2.22. The number of carbonyl (C=O) groups excluding carboxylic acids is 2. The molecule has 0 atom stereocenters. The summed E-state index contributed by atoms with van der Waals surface area (Å²) < 4.78 is 10.0. The average molecular weight is 776 g/mol. The Labute approximate surface area is 336 Å². The summed E-state index contributed by atoms with van der Waals surface area (Å²) in [5.74, 6) is 0.952. The number of allylic oxidation sites excluding steroid dienone is 3. The van der Waals surface area contributed by atoms with Crippen molar-refractivity contribution in [2.24, 2.45) is 11.5 Å². The topological polar surface area (TPSA) is 129 Å². The molecule has 0 aliphatic heterocycles. The van der Waals surface area contributed by atoms with E-state index in [1.807, 2.05) is 40.7 Å². The number of nitrogens with two attached hydrogens (primary N) is 2. The zero-order valence-corrected chi connectivity index (χ0v) is 36.5. The summed E-state index contributed by atoms with van der Waals surface area (Å²) in [4.78, 5) is 20.7. The Bertz CT molecular complexity index is 1210. The van der Waals surface area contributed by atoms with Gasteiger partial charge >= 0.3 is 6.03 Å². The van der Waals surface area contributed by atoms with Crippen LogP contribution in [0.2, 0.25) is 5.02 Å². The zero-order valence-electron chi connectivity index (χ0n) is 35.8. The maximum Gasteiger partial charge on any atom is 0.309 e. The van der Waals surface area contributed by atoms with Gasteiger partial charge in [0.05, 0.1) is 25.5 Å². The minimum atomic E-state index is -0.833. The lowest BCUT2D eigenvalue weighted by molar-refractivity contribution is -0.121. The summed E-state index contributed by atoms with van der Waals surface area (Å²) >= 11 is 6.85. The highest BCUT2D eigenvalue weighted by molar-refractivity contribution is 6.34. The van der Waals surface area contributed by atoms with Crippen molar-refractivity contribution in [3.63, 3.8) is 0 Å². The van der Waals surface area contributed by atoms with Crippen LogP contribution >= 0.6 is 11.6 Å². The molecule has 0 bridgehead atoms. The maximum atomic E-state index is 11.7. The van der Waals surface area contributed by atoms with Crippen molar-refractivity contribution >= 4 is 41.8 Å². The number of amides is 3. The molecular weight excluding hydrogens is 696 g/mol. The SMILES string of the molecule is C1CCCC1.C=C.C=COC.C=Cc1c2c(c(OC)c(Cl)c1/C=C(C)/C(=C/C)NCCCCCCNC(=O)CCCC)CCC=C2.CC.CC.NC(N)=O. The molecule has 0 radical (unpaired) electrons. The Kier molecular flexibility index (Phi) is 44.0. The molecule has 1 aromatic carbocycles. The molecule has 9 heteroatoms. The molecule has 0 heterocycles. The fraction of sp³-hybridized carbons (Fsp3) is 0.556. The van der Waals surface area contributed by atoms with Gasteiger partial charge in [0.25, 0.3) is 0 Å². The first-order valence-corrected chi connectivity index (χ1v) is 20.3.